The maximum Gasteiger partial charge on any atom is 0.471 e. The first-order chi connectivity index (χ1) is 14.3. The Hall–Kier alpha value is -2.37. The van der Waals surface area contributed by atoms with E-state index in [1.54, 1.807) is 0 Å². The molecule has 1 N–H and O–H groups in total. The van der Waals surface area contributed by atoms with Gasteiger partial charge in [0.05, 0.1) is 0 Å². The molecule has 176 valence electrons. The summed E-state index contributed by atoms with van der Waals surface area (Å²) in [5.41, 5.74) is -2.02. The molecule has 0 aliphatic rings. The Bertz CT molecular complexity index is 753. The van der Waals surface area contributed by atoms with Gasteiger partial charge in [-0.2, -0.15) is 22.0 Å². The van der Waals surface area contributed by atoms with Crippen LogP contribution in [0.25, 0.3) is 0 Å². The number of amides is 2. The Morgan fingerprint density at radius 2 is 1.65 bits per heavy atom. The van der Waals surface area contributed by atoms with Crippen molar-refractivity contribution >= 4 is 11.8 Å². The van der Waals surface area contributed by atoms with Crippen LogP contribution in [0.15, 0.2) is 12.3 Å². The van der Waals surface area contributed by atoms with Crippen molar-refractivity contribution in [2.24, 2.45) is 0 Å². The molecule has 0 aliphatic heterocycles. The van der Waals surface area contributed by atoms with Crippen LogP contribution in [0.1, 0.15) is 44.9 Å². The van der Waals surface area contributed by atoms with E-state index in [4.69, 9.17) is 0 Å². The second kappa shape index (κ2) is 11.3. The number of alkyl halides is 5. The highest BCUT2D eigenvalue weighted by molar-refractivity contribution is 5.81. The Morgan fingerprint density at radius 1 is 1.06 bits per heavy atom. The summed E-state index contributed by atoms with van der Waals surface area (Å²) in [7, 11) is 0. The summed E-state index contributed by atoms with van der Waals surface area (Å²) in [6, 6.07) is -3.26. The van der Waals surface area contributed by atoms with Gasteiger partial charge in [-0.1, -0.05) is 13.8 Å². The van der Waals surface area contributed by atoms with E-state index in [0.717, 1.165) is 32.3 Å². The van der Waals surface area contributed by atoms with Crippen LogP contribution < -0.4 is 5.32 Å². The summed E-state index contributed by atoms with van der Waals surface area (Å²) in [4.78, 5) is 28.4. The lowest BCUT2D eigenvalue weighted by Crippen LogP contribution is -2.42. The number of hydrogen-bond donors (Lipinski definition) is 1. The van der Waals surface area contributed by atoms with E-state index in [-0.39, 0.29) is 13.0 Å². The average Bonchev–Trinajstić information content (AvgIpc) is 2.66. The van der Waals surface area contributed by atoms with Crippen molar-refractivity contribution in [3.63, 3.8) is 0 Å². The molecule has 31 heavy (non-hydrogen) atoms. The molecule has 1 aromatic heterocycles. The van der Waals surface area contributed by atoms with Crippen LogP contribution in [0.4, 0.5) is 26.3 Å². The molecule has 6 nitrogen and oxygen atoms in total. The van der Waals surface area contributed by atoms with Gasteiger partial charge in [-0.3, -0.25) is 14.9 Å². The Labute approximate surface area is 176 Å². The first-order valence-electron chi connectivity index (χ1n) is 9.72. The molecular weight excluding hydrogens is 430 g/mol. The third-order valence-electron chi connectivity index (χ3n) is 4.54. The van der Waals surface area contributed by atoms with Gasteiger partial charge in [-0.25, -0.2) is 9.37 Å². The van der Waals surface area contributed by atoms with Gasteiger partial charge in [0.15, 0.2) is 11.5 Å². The molecule has 0 aliphatic carbocycles. The number of rotatable bonds is 11. The highest BCUT2D eigenvalue weighted by atomic mass is 19.4. The lowest BCUT2D eigenvalue weighted by atomic mass is 10.1. The van der Waals surface area contributed by atoms with Crippen molar-refractivity contribution in [3.05, 3.63) is 29.3 Å². The van der Waals surface area contributed by atoms with E-state index >= 15 is 0 Å². The molecule has 0 saturated heterocycles. The molecule has 0 saturated carbocycles. The maximum atomic E-state index is 14.6. The van der Waals surface area contributed by atoms with Gasteiger partial charge in [0, 0.05) is 31.8 Å². The fourth-order valence-electron chi connectivity index (χ4n) is 2.92. The van der Waals surface area contributed by atoms with Crippen molar-refractivity contribution in [2.45, 2.75) is 52.4 Å². The Morgan fingerprint density at radius 3 is 2.16 bits per heavy atom. The van der Waals surface area contributed by atoms with Gasteiger partial charge < -0.3 is 9.80 Å². The van der Waals surface area contributed by atoms with Gasteiger partial charge in [0.1, 0.15) is 0 Å². The molecule has 1 rings (SSSR count). The van der Waals surface area contributed by atoms with E-state index in [0.29, 0.717) is 17.9 Å². The fraction of sp³-hybridized carbons (Fsp3) is 0.632. The lowest BCUT2D eigenvalue weighted by molar-refractivity contribution is -0.186. The maximum absolute atomic E-state index is 14.6. The first-order valence-corrected chi connectivity index (χ1v) is 9.72. The predicted molar refractivity (Wildman–Crippen MR) is 100 cm³/mol. The number of nitrogens with one attached hydrogen (secondary N) is 1. The summed E-state index contributed by atoms with van der Waals surface area (Å²) < 4.78 is 81.6. The Kier molecular flexibility index (Phi) is 9.72. The number of unbranched alkanes of at least 4 members (excludes halogenated alkanes) is 1. The van der Waals surface area contributed by atoms with Crippen LogP contribution in [-0.4, -0.2) is 59.0 Å². The number of nitrogens with zero attached hydrogens (tertiary/aromatic N) is 3. The van der Waals surface area contributed by atoms with E-state index in [9.17, 15) is 35.9 Å². The molecule has 12 heteroatoms. The van der Waals surface area contributed by atoms with E-state index in [1.165, 1.54) is 5.32 Å². The number of pyridine rings is 1. The van der Waals surface area contributed by atoms with Crippen molar-refractivity contribution in [1.82, 2.24) is 20.1 Å². The number of carbonyl (C=O) groups excluding carboxylic acids is 2. The number of aromatic nitrogens is 1. The van der Waals surface area contributed by atoms with Crippen LogP contribution >= 0.6 is 0 Å². The largest absolute Gasteiger partial charge is 0.471 e. The first kappa shape index (κ1) is 26.7. The van der Waals surface area contributed by atoms with Crippen LogP contribution in [0, 0.1) is 5.82 Å². The normalized spacial score (nSPS) is 12.2. The molecule has 0 atom stereocenters. The minimum atomic E-state index is -5.20. The van der Waals surface area contributed by atoms with Crippen molar-refractivity contribution < 1.29 is 35.9 Å². The Balaban J connectivity index is 3.05. The van der Waals surface area contributed by atoms with E-state index in [2.05, 4.69) is 9.88 Å². The van der Waals surface area contributed by atoms with Gasteiger partial charge in [-0.05, 0) is 38.5 Å². The topological polar surface area (TPSA) is 65.5 Å². The van der Waals surface area contributed by atoms with Crippen LogP contribution in [0.5, 0.6) is 0 Å². The molecule has 0 fully saturated rings. The summed E-state index contributed by atoms with van der Waals surface area (Å²) in [5.74, 6) is -4.94. The number of hydrogen-bond acceptors (Lipinski definition) is 4. The van der Waals surface area contributed by atoms with Crippen molar-refractivity contribution in [3.8, 4) is 0 Å². The molecular formula is C19H26F6N4O2. The zero-order valence-electron chi connectivity index (χ0n) is 17.5. The minimum absolute atomic E-state index is 0.208. The highest BCUT2D eigenvalue weighted by Crippen LogP contribution is 2.28. The molecule has 2 amide bonds. The van der Waals surface area contributed by atoms with E-state index in [1.807, 2.05) is 13.8 Å². The molecule has 0 spiro atoms. The molecule has 0 unspecified atom stereocenters. The summed E-state index contributed by atoms with van der Waals surface area (Å²) in [5, 5.41) is 1.23. The monoisotopic (exact) mass is 456 g/mol. The molecule has 1 aromatic rings. The van der Waals surface area contributed by atoms with Crippen molar-refractivity contribution in [1.29, 1.82) is 0 Å². The third kappa shape index (κ3) is 8.00. The van der Waals surface area contributed by atoms with Crippen LogP contribution in [-0.2, 0) is 22.2 Å². The van der Waals surface area contributed by atoms with Gasteiger partial charge in [0.2, 0.25) is 5.91 Å². The standard InChI is InChI=1S/C19H26F6N4O2/c1-4-28(5-2)10-6-7-11-29(17(31)18(21,22)23)12-14-8-9-26-16(15(14)20)19(24,25)27-13(3)30/h8-9H,4-7,10-12H2,1-3H3,(H,27,30). The quantitative estimate of drug-likeness (QED) is 0.315. The third-order valence-corrected chi connectivity index (χ3v) is 4.54. The smallest absolute Gasteiger partial charge is 0.330 e. The van der Waals surface area contributed by atoms with Gasteiger partial charge in [-0.15, -0.1) is 0 Å². The van der Waals surface area contributed by atoms with Crippen molar-refractivity contribution in [2.75, 3.05) is 26.2 Å². The molecule has 0 bridgehead atoms. The second-order valence-electron chi connectivity index (χ2n) is 6.85. The molecule has 0 radical (unpaired) electrons. The second-order valence-corrected chi connectivity index (χ2v) is 6.85. The zero-order valence-corrected chi connectivity index (χ0v) is 17.5. The summed E-state index contributed by atoms with van der Waals surface area (Å²) in [6.07, 6.45) is -3.72. The SMILES string of the molecule is CCN(CC)CCCCN(Cc1ccnc(C(F)(F)NC(C)=O)c1F)C(=O)C(F)(F)F. The van der Waals surface area contributed by atoms with Crippen LogP contribution in [0.3, 0.4) is 0 Å². The van der Waals surface area contributed by atoms with Gasteiger partial charge in [0.25, 0.3) is 0 Å². The average molecular weight is 456 g/mol. The highest BCUT2D eigenvalue weighted by Gasteiger charge is 2.43. The van der Waals surface area contributed by atoms with Gasteiger partial charge >= 0.3 is 18.1 Å². The summed E-state index contributed by atoms with van der Waals surface area (Å²) >= 11 is 0. The predicted octanol–water partition coefficient (Wildman–Crippen LogP) is 3.42. The lowest BCUT2D eigenvalue weighted by Gasteiger charge is -2.25. The molecule has 0 aromatic carbocycles. The van der Waals surface area contributed by atoms with Crippen LogP contribution in [0.2, 0.25) is 0 Å². The number of halogens is 6. The minimum Gasteiger partial charge on any atom is -0.330 e. The molecule has 1 heterocycles. The fourth-order valence-corrected chi connectivity index (χ4v) is 2.92. The number of carbonyl (C=O) groups is 2. The zero-order chi connectivity index (χ0) is 23.8. The van der Waals surface area contributed by atoms with E-state index < -0.39 is 47.7 Å². The summed E-state index contributed by atoms with van der Waals surface area (Å²) in [6.45, 7) is 5.58.